The van der Waals surface area contributed by atoms with Crippen molar-refractivity contribution in [3.8, 4) is 0 Å². The van der Waals surface area contributed by atoms with Crippen LogP contribution in [0, 0.1) is 0 Å². The third-order valence-electron chi connectivity index (χ3n) is 3.87. The number of rotatable bonds is 3. The molecule has 4 heteroatoms. The maximum absolute atomic E-state index is 11.9. The molecule has 1 heterocycles. The summed E-state index contributed by atoms with van der Waals surface area (Å²) in [5, 5.41) is 9.75. The summed E-state index contributed by atoms with van der Waals surface area (Å²) in [4.78, 5) is 12.9. The normalized spacial score (nSPS) is 21.3. The molecule has 1 aliphatic carbocycles. The fourth-order valence-electron chi connectivity index (χ4n) is 2.91. The van der Waals surface area contributed by atoms with Crippen LogP contribution in [-0.2, 0) is 23.1 Å². The van der Waals surface area contributed by atoms with Crippen LogP contribution in [0.3, 0.4) is 0 Å². The maximum Gasteiger partial charge on any atom is 0.314 e. The average Bonchev–Trinajstić information content (AvgIpc) is 2.96. The Bertz CT molecular complexity index is 635. The van der Waals surface area contributed by atoms with Crippen LogP contribution >= 0.6 is 22.9 Å². The number of hydrogen-bond acceptors (Lipinski definition) is 2. The van der Waals surface area contributed by atoms with Gasteiger partial charge in [0.2, 0.25) is 0 Å². The van der Waals surface area contributed by atoms with E-state index >= 15 is 0 Å². The molecule has 3 rings (SSSR count). The Hall–Kier alpha value is -1.32. The van der Waals surface area contributed by atoms with E-state index in [-0.39, 0.29) is 0 Å². The second kappa shape index (κ2) is 4.66. The number of fused-ring (bicyclic) bond motifs is 1. The maximum atomic E-state index is 11.9. The van der Waals surface area contributed by atoms with E-state index in [2.05, 4.69) is 0 Å². The predicted molar refractivity (Wildman–Crippen MR) is 77.1 cm³/mol. The molecule has 2 aromatic rings. The third-order valence-corrected chi connectivity index (χ3v) is 5.10. The zero-order valence-corrected chi connectivity index (χ0v) is 11.8. The van der Waals surface area contributed by atoms with Gasteiger partial charge in [0, 0.05) is 11.3 Å². The number of halogens is 1. The quantitative estimate of drug-likeness (QED) is 0.931. The van der Waals surface area contributed by atoms with Crippen molar-refractivity contribution < 1.29 is 9.90 Å². The molecule has 1 N–H and O–H groups in total. The number of carboxylic acid groups (broad SMARTS) is 1. The predicted octanol–water partition coefficient (Wildman–Crippen LogP) is 3.91. The van der Waals surface area contributed by atoms with Gasteiger partial charge in [-0.25, -0.2) is 0 Å². The summed E-state index contributed by atoms with van der Waals surface area (Å²) < 4.78 is 0.710. The first-order chi connectivity index (χ1) is 9.12. The molecule has 0 amide bonds. The lowest BCUT2D eigenvalue weighted by Crippen LogP contribution is -2.35. The molecule has 0 spiro atoms. The molecule has 1 unspecified atom stereocenters. The van der Waals surface area contributed by atoms with E-state index in [9.17, 15) is 9.90 Å². The number of carboxylic acids is 1. The number of thiophene rings is 1. The second-order valence-corrected chi connectivity index (χ2v) is 6.73. The number of aryl methyl sites for hydroxylation is 1. The van der Waals surface area contributed by atoms with Gasteiger partial charge in [0.1, 0.15) is 0 Å². The van der Waals surface area contributed by atoms with Gasteiger partial charge in [0.05, 0.1) is 9.75 Å². The van der Waals surface area contributed by atoms with Crippen molar-refractivity contribution in [2.24, 2.45) is 0 Å². The van der Waals surface area contributed by atoms with E-state index in [1.165, 1.54) is 11.3 Å². The largest absolute Gasteiger partial charge is 0.481 e. The van der Waals surface area contributed by atoms with Gasteiger partial charge in [0.15, 0.2) is 0 Å². The lowest BCUT2D eigenvalue weighted by Gasteiger charge is -2.25. The Labute approximate surface area is 120 Å². The minimum atomic E-state index is -0.787. The van der Waals surface area contributed by atoms with Gasteiger partial charge in [-0.1, -0.05) is 35.9 Å². The minimum Gasteiger partial charge on any atom is -0.481 e. The molecule has 0 bridgehead atoms. The monoisotopic (exact) mass is 292 g/mol. The van der Waals surface area contributed by atoms with Crippen LogP contribution in [0.25, 0.3) is 0 Å². The summed E-state index contributed by atoms with van der Waals surface area (Å²) in [6.45, 7) is 0. The molecular formula is C15H13ClO2S. The van der Waals surface area contributed by atoms with Crippen molar-refractivity contribution in [3.05, 3.63) is 56.7 Å². The molecule has 0 aliphatic heterocycles. The Morgan fingerprint density at radius 3 is 2.79 bits per heavy atom. The molecule has 0 radical (unpaired) electrons. The van der Waals surface area contributed by atoms with Crippen LogP contribution in [0.2, 0.25) is 4.34 Å². The van der Waals surface area contributed by atoms with Crippen molar-refractivity contribution in [1.29, 1.82) is 0 Å². The van der Waals surface area contributed by atoms with E-state index < -0.39 is 11.4 Å². The van der Waals surface area contributed by atoms with Gasteiger partial charge in [0.25, 0.3) is 0 Å². The van der Waals surface area contributed by atoms with Crippen LogP contribution in [-0.4, -0.2) is 11.1 Å². The van der Waals surface area contributed by atoms with Crippen molar-refractivity contribution in [1.82, 2.24) is 0 Å². The van der Waals surface area contributed by atoms with Gasteiger partial charge < -0.3 is 5.11 Å². The number of benzene rings is 1. The summed E-state index contributed by atoms with van der Waals surface area (Å²) >= 11 is 7.41. The Kier molecular flexibility index (Phi) is 3.11. The smallest absolute Gasteiger partial charge is 0.314 e. The standard InChI is InChI=1S/C15H13ClO2S/c16-13-6-5-11(19-13)9-15(14(17)18)8-7-10-3-1-2-4-12(10)15/h1-6H,7-9H2,(H,17,18). The summed E-state index contributed by atoms with van der Waals surface area (Å²) in [6.07, 6.45) is 2.02. The summed E-state index contributed by atoms with van der Waals surface area (Å²) in [7, 11) is 0. The Morgan fingerprint density at radius 1 is 1.32 bits per heavy atom. The highest BCUT2D eigenvalue weighted by Gasteiger charge is 2.45. The zero-order valence-electron chi connectivity index (χ0n) is 10.2. The Balaban J connectivity index is 2.04. The lowest BCUT2D eigenvalue weighted by molar-refractivity contribution is -0.143. The van der Waals surface area contributed by atoms with Crippen LogP contribution < -0.4 is 0 Å². The fourth-order valence-corrected chi connectivity index (χ4v) is 4.11. The van der Waals surface area contributed by atoms with Crippen molar-refractivity contribution in [2.45, 2.75) is 24.7 Å². The molecule has 0 saturated carbocycles. The summed E-state index contributed by atoms with van der Waals surface area (Å²) in [6, 6.07) is 11.6. The summed E-state index contributed by atoms with van der Waals surface area (Å²) in [5.41, 5.74) is 1.34. The topological polar surface area (TPSA) is 37.3 Å². The van der Waals surface area contributed by atoms with Crippen molar-refractivity contribution >= 4 is 28.9 Å². The first kappa shape index (κ1) is 12.7. The number of aliphatic carboxylic acids is 1. The van der Waals surface area contributed by atoms with Crippen LogP contribution in [0.5, 0.6) is 0 Å². The second-order valence-electron chi connectivity index (χ2n) is 4.93. The molecule has 1 aliphatic rings. The number of hydrogen-bond donors (Lipinski definition) is 1. The average molecular weight is 293 g/mol. The highest BCUT2D eigenvalue weighted by atomic mass is 35.5. The van der Waals surface area contributed by atoms with Crippen LogP contribution in [0.1, 0.15) is 22.4 Å². The molecule has 1 aromatic carbocycles. The van der Waals surface area contributed by atoms with Crippen molar-refractivity contribution in [3.63, 3.8) is 0 Å². The van der Waals surface area contributed by atoms with E-state index in [1.807, 2.05) is 36.4 Å². The molecule has 2 nitrogen and oxygen atoms in total. The highest BCUT2D eigenvalue weighted by molar-refractivity contribution is 7.16. The molecule has 0 saturated heterocycles. The molecule has 1 aromatic heterocycles. The first-order valence-corrected chi connectivity index (χ1v) is 7.37. The Morgan fingerprint density at radius 2 is 2.11 bits per heavy atom. The van der Waals surface area contributed by atoms with Crippen molar-refractivity contribution in [2.75, 3.05) is 0 Å². The van der Waals surface area contributed by atoms with Crippen LogP contribution in [0.15, 0.2) is 36.4 Å². The first-order valence-electron chi connectivity index (χ1n) is 6.18. The van der Waals surface area contributed by atoms with E-state index in [0.29, 0.717) is 17.2 Å². The van der Waals surface area contributed by atoms with E-state index in [4.69, 9.17) is 11.6 Å². The van der Waals surface area contributed by atoms with Gasteiger partial charge in [-0.2, -0.15) is 0 Å². The van der Waals surface area contributed by atoms with E-state index in [1.54, 1.807) is 0 Å². The van der Waals surface area contributed by atoms with Gasteiger partial charge >= 0.3 is 5.97 Å². The molecular weight excluding hydrogens is 280 g/mol. The molecule has 1 atom stereocenters. The van der Waals surface area contributed by atoms with Gasteiger partial charge in [-0.05, 0) is 36.1 Å². The van der Waals surface area contributed by atoms with Gasteiger partial charge in [-0.3, -0.25) is 4.79 Å². The van der Waals surface area contributed by atoms with Crippen LogP contribution in [0.4, 0.5) is 0 Å². The number of carbonyl (C=O) groups is 1. The third kappa shape index (κ3) is 2.07. The molecule has 98 valence electrons. The lowest BCUT2D eigenvalue weighted by atomic mass is 9.78. The minimum absolute atomic E-state index is 0.525. The SMILES string of the molecule is O=C(O)C1(Cc2ccc(Cl)s2)CCc2ccccc21. The fraction of sp³-hybridized carbons (Fsp3) is 0.267. The highest BCUT2D eigenvalue weighted by Crippen LogP contribution is 2.43. The van der Waals surface area contributed by atoms with E-state index in [0.717, 1.165) is 22.4 Å². The van der Waals surface area contributed by atoms with Gasteiger partial charge in [-0.15, -0.1) is 11.3 Å². The molecule has 19 heavy (non-hydrogen) atoms. The molecule has 0 fully saturated rings. The zero-order chi connectivity index (χ0) is 13.5. The summed E-state index contributed by atoms with van der Waals surface area (Å²) in [5.74, 6) is -0.734.